The number of carbonyl (C=O) groups excluding carboxylic acids is 1. The normalized spacial score (nSPS) is 16.1. The number of carbonyl (C=O) groups is 1. The molecule has 0 aromatic rings. The average molecular weight is 180 g/mol. The predicted octanol–water partition coefficient (Wildman–Crippen LogP) is -1.80. The fourth-order valence-electron chi connectivity index (χ4n) is 0.981. The van der Waals surface area contributed by atoms with Crippen LogP contribution in [0.15, 0.2) is 0 Å². The van der Waals surface area contributed by atoms with E-state index in [0.29, 0.717) is 6.42 Å². The molecular weight excluding hydrogens is 163 g/mol. The maximum Gasteiger partial charge on any atom is 1.00 e. The minimum atomic E-state index is -0.951. The number of carboxylic acids is 1. The van der Waals surface area contributed by atoms with Crippen molar-refractivity contribution in [1.29, 1.82) is 0 Å². The molecular formula is C9H17NaO2. The van der Waals surface area contributed by atoms with Gasteiger partial charge in [-0.2, -0.15) is 0 Å². The maximum atomic E-state index is 10.8. The van der Waals surface area contributed by atoms with Crippen molar-refractivity contribution < 1.29 is 39.5 Å². The van der Waals surface area contributed by atoms with E-state index < -0.39 is 11.4 Å². The topological polar surface area (TPSA) is 40.1 Å². The van der Waals surface area contributed by atoms with Crippen molar-refractivity contribution in [2.45, 2.75) is 41.0 Å². The standard InChI is InChI=1S/C9H18O2.Na/c1-6-9(5,7(10)11)8(2,3)4;/h6H2,1-5H3,(H,10,11);/q;+1/p-1. The van der Waals surface area contributed by atoms with Gasteiger partial charge in [-0.15, -0.1) is 0 Å². The summed E-state index contributed by atoms with van der Waals surface area (Å²) in [5.74, 6) is -0.951. The first-order valence-electron chi connectivity index (χ1n) is 3.97. The summed E-state index contributed by atoms with van der Waals surface area (Å²) in [7, 11) is 0. The molecule has 0 rings (SSSR count). The van der Waals surface area contributed by atoms with Crippen LogP contribution in [0.4, 0.5) is 0 Å². The van der Waals surface area contributed by atoms with Crippen LogP contribution in [0.3, 0.4) is 0 Å². The summed E-state index contributed by atoms with van der Waals surface area (Å²) in [6.07, 6.45) is 0.610. The summed E-state index contributed by atoms with van der Waals surface area (Å²) in [6.45, 7) is 9.38. The van der Waals surface area contributed by atoms with Crippen LogP contribution in [0.1, 0.15) is 41.0 Å². The Labute approximate surface area is 97.0 Å². The quantitative estimate of drug-likeness (QED) is 0.471. The molecule has 0 bridgehead atoms. The molecule has 0 aliphatic heterocycles. The molecule has 0 amide bonds. The summed E-state index contributed by atoms with van der Waals surface area (Å²) >= 11 is 0. The third kappa shape index (κ3) is 2.75. The number of hydrogen-bond donors (Lipinski definition) is 0. The average Bonchev–Trinajstić information content (AvgIpc) is 1.83. The van der Waals surface area contributed by atoms with Gasteiger partial charge in [0.15, 0.2) is 0 Å². The molecule has 0 saturated heterocycles. The van der Waals surface area contributed by atoms with E-state index in [9.17, 15) is 9.90 Å². The van der Waals surface area contributed by atoms with Gasteiger partial charge in [-0.05, 0) is 11.8 Å². The summed E-state index contributed by atoms with van der Waals surface area (Å²) in [4.78, 5) is 10.8. The second-order valence-corrected chi connectivity index (χ2v) is 4.22. The van der Waals surface area contributed by atoms with Crippen LogP contribution < -0.4 is 34.7 Å². The maximum absolute atomic E-state index is 10.8. The first kappa shape index (κ1) is 15.0. The van der Waals surface area contributed by atoms with Crippen molar-refractivity contribution in [2.75, 3.05) is 0 Å². The van der Waals surface area contributed by atoms with E-state index in [-0.39, 0.29) is 35.0 Å². The van der Waals surface area contributed by atoms with Gasteiger partial charge in [0.25, 0.3) is 0 Å². The van der Waals surface area contributed by atoms with Crippen LogP contribution >= 0.6 is 0 Å². The van der Waals surface area contributed by atoms with Gasteiger partial charge < -0.3 is 9.90 Å². The van der Waals surface area contributed by atoms with Crippen molar-refractivity contribution in [3.8, 4) is 0 Å². The Kier molecular flexibility index (Phi) is 5.78. The smallest absolute Gasteiger partial charge is 0.550 e. The number of aliphatic carboxylic acids is 1. The van der Waals surface area contributed by atoms with Crippen molar-refractivity contribution in [3.63, 3.8) is 0 Å². The van der Waals surface area contributed by atoms with Crippen LogP contribution in [0.2, 0.25) is 0 Å². The minimum Gasteiger partial charge on any atom is -0.550 e. The van der Waals surface area contributed by atoms with Gasteiger partial charge in [0.05, 0.1) is 0 Å². The zero-order valence-electron chi connectivity index (χ0n) is 9.02. The molecule has 1 atom stereocenters. The largest absolute Gasteiger partial charge is 1.00 e. The van der Waals surface area contributed by atoms with Crippen LogP contribution in [0.25, 0.3) is 0 Å². The SMILES string of the molecule is CCC(C)(C(=O)[O-])C(C)(C)C.[Na+]. The third-order valence-corrected chi connectivity index (χ3v) is 2.81. The summed E-state index contributed by atoms with van der Waals surface area (Å²) < 4.78 is 0. The molecule has 0 N–H and O–H groups in total. The summed E-state index contributed by atoms with van der Waals surface area (Å²) in [5.41, 5.74) is -0.951. The molecule has 0 heterocycles. The molecule has 3 heteroatoms. The Bertz CT molecular complexity index is 160. The molecule has 1 unspecified atom stereocenters. The molecule has 0 spiro atoms. The second-order valence-electron chi connectivity index (χ2n) is 4.22. The molecule has 2 nitrogen and oxygen atoms in total. The monoisotopic (exact) mass is 180 g/mol. The fourth-order valence-corrected chi connectivity index (χ4v) is 0.981. The molecule has 0 fully saturated rings. The third-order valence-electron chi connectivity index (χ3n) is 2.81. The summed E-state index contributed by atoms with van der Waals surface area (Å²) in [6, 6.07) is 0. The minimum absolute atomic E-state index is 0. The van der Waals surface area contributed by atoms with Crippen molar-refractivity contribution in [2.24, 2.45) is 10.8 Å². The van der Waals surface area contributed by atoms with Crippen LogP contribution in [-0.2, 0) is 4.79 Å². The van der Waals surface area contributed by atoms with Crippen LogP contribution in [0, 0.1) is 10.8 Å². The van der Waals surface area contributed by atoms with Gasteiger partial charge in [0, 0.05) is 11.4 Å². The first-order valence-corrected chi connectivity index (χ1v) is 3.97. The molecule has 0 aliphatic carbocycles. The number of hydrogen-bond acceptors (Lipinski definition) is 2. The van der Waals surface area contributed by atoms with E-state index in [1.165, 1.54) is 0 Å². The molecule has 66 valence electrons. The Morgan fingerprint density at radius 1 is 1.25 bits per heavy atom. The van der Waals surface area contributed by atoms with Gasteiger partial charge in [-0.1, -0.05) is 34.6 Å². The molecule has 0 aliphatic rings. The van der Waals surface area contributed by atoms with E-state index in [4.69, 9.17) is 0 Å². The predicted molar refractivity (Wildman–Crippen MR) is 42.9 cm³/mol. The molecule has 0 radical (unpaired) electrons. The van der Waals surface area contributed by atoms with Crippen molar-refractivity contribution in [1.82, 2.24) is 0 Å². The van der Waals surface area contributed by atoms with Crippen LogP contribution in [0.5, 0.6) is 0 Å². The van der Waals surface area contributed by atoms with E-state index in [1.54, 1.807) is 6.92 Å². The van der Waals surface area contributed by atoms with Crippen LogP contribution in [-0.4, -0.2) is 5.97 Å². The molecule has 0 aromatic carbocycles. The number of rotatable bonds is 2. The Hall–Kier alpha value is 0.470. The first-order chi connectivity index (χ1) is 4.75. The Balaban J connectivity index is 0. The summed E-state index contributed by atoms with van der Waals surface area (Å²) in [5, 5.41) is 10.8. The molecule has 12 heavy (non-hydrogen) atoms. The zero-order valence-corrected chi connectivity index (χ0v) is 11.0. The second kappa shape index (κ2) is 4.64. The van der Waals surface area contributed by atoms with Gasteiger partial charge in [0.2, 0.25) is 0 Å². The van der Waals surface area contributed by atoms with E-state index >= 15 is 0 Å². The van der Waals surface area contributed by atoms with E-state index in [2.05, 4.69) is 0 Å². The van der Waals surface area contributed by atoms with Gasteiger partial charge >= 0.3 is 29.6 Å². The Morgan fingerprint density at radius 2 is 1.58 bits per heavy atom. The van der Waals surface area contributed by atoms with E-state index in [1.807, 2.05) is 27.7 Å². The molecule has 0 aromatic heterocycles. The van der Waals surface area contributed by atoms with Gasteiger partial charge in [-0.25, -0.2) is 0 Å². The van der Waals surface area contributed by atoms with Gasteiger partial charge in [-0.3, -0.25) is 0 Å². The van der Waals surface area contributed by atoms with Crippen molar-refractivity contribution >= 4 is 5.97 Å². The molecule has 0 saturated carbocycles. The number of carboxylic acid groups (broad SMARTS) is 1. The zero-order chi connectivity index (χ0) is 9.28. The van der Waals surface area contributed by atoms with Gasteiger partial charge in [0.1, 0.15) is 0 Å². The fraction of sp³-hybridized carbons (Fsp3) is 0.889. The van der Waals surface area contributed by atoms with Crippen molar-refractivity contribution in [3.05, 3.63) is 0 Å². The Morgan fingerprint density at radius 3 is 1.58 bits per heavy atom. The van der Waals surface area contributed by atoms with E-state index in [0.717, 1.165) is 0 Å².